The van der Waals surface area contributed by atoms with E-state index in [1.807, 2.05) is 48.0 Å². The summed E-state index contributed by atoms with van der Waals surface area (Å²) in [5.74, 6) is -0.346. The van der Waals surface area contributed by atoms with Crippen molar-refractivity contribution in [2.24, 2.45) is 0 Å². The first-order valence-corrected chi connectivity index (χ1v) is 6.28. The van der Waals surface area contributed by atoms with Crippen LogP contribution in [0.15, 0.2) is 36.5 Å². The van der Waals surface area contributed by atoms with Crippen LogP contribution in [0, 0.1) is 0 Å². The predicted octanol–water partition coefficient (Wildman–Crippen LogP) is 0.894. The average Bonchev–Trinajstić information content (AvgIpc) is 2.80. The molecule has 1 aromatic carbocycles. The van der Waals surface area contributed by atoms with Crippen LogP contribution in [-0.2, 0) is 16.1 Å². The minimum absolute atomic E-state index is 0.0197. The lowest BCUT2D eigenvalue weighted by molar-refractivity contribution is -0.126. The molecule has 0 fully saturated rings. The first-order chi connectivity index (χ1) is 9.20. The molecule has 0 radical (unpaired) electrons. The second-order valence-corrected chi connectivity index (χ2v) is 4.23. The summed E-state index contributed by atoms with van der Waals surface area (Å²) < 4.78 is 1.86. The van der Waals surface area contributed by atoms with Gasteiger partial charge >= 0.3 is 0 Å². The third-order valence-corrected chi connectivity index (χ3v) is 2.81. The van der Waals surface area contributed by atoms with Gasteiger partial charge in [-0.05, 0) is 24.4 Å². The molecule has 2 aromatic rings. The van der Waals surface area contributed by atoms with E-state index in [9.17, 15) is 9.59 Å². The van der Waals surface area contributed by atoms with Gasteiger partial charge in [0.1, 0.15) is 6.54 Å². The largest absolute Gasteiger partial charge is 0.355 e. The molecule has 0 saturated carbocycles. The lowest BCUT2D eigenvalue weighted by atomic mass is 10.2. The summed E-state index contributed by atoms with van der Waals surface area (Å²) >= 11 is 0. The number of benzene rings is 1. The minimum Gasteiger partial charge on any atom is -0.355 e. The van der Waals surface area contributed by atoms with E-state index in [0.717, 1.165) is 10.9 Å². The van der Waals surface area contributed by atoms with Crippen molar-refractivity contribution in [3.8, 4) is 0 Å². The first kappa shape index (κ1) is 13.1. The molecule has 0 aliphatic rings. The Morgan fingerprint density at radius 3 is 2.68 bits per heavy atom. The number of carbonyl (C=O) groups is 2. The molecular weight excluding hydrogens is 242 g/mol. The number of rotatable bonds is 5. The van der Waals surface area contributed by atoms with Crippen molar-refractivity contribution >= 4 is 22.7 Å². The van der Waals surface area contributed by atoms with Crippen LogP contribution in [0.3, 0.4) is 0 Å². The van der Waals surface area contributed by atoms with Crippen LogP contribution >= 0.6 is 0 Å². The number of hydrogen-bond donors (Lipinski definition) is 2. The van der Waals surface area contributed by atoms with Crippen molar-refractivity contribution in [1.82, 2.24) is 15.2 Å². The summed E-state index contributed by atoms with van der Waals surface area (Å²) in [4.78, 5) is 23.0. The highest BCUT2D eigenvalue weighted by molar-refractivity contribution is 5.86. The van der Waals surface area contributed by atoms with E-state index in [4.69, 9.17) is 0 Å². The van der Waals surface area contributed by atoms with Crippen LogP contribution in [0.2, 0.25) is 0 Å². The average molecular weight is 259 g/mol. The number of aromatic nitrogens is 1. The minimum atomic E-state index is -0.174. The van der Waals surface area contributed by atoms with E-state index in [1.54, 1.807) is 0 Å². The van der Waals surface area contributed by atoms with Gasteiger partial charge in [0.25, 0.3) is 0 Å². The maximum atomic E-state index is 11.8. The molecule has 0 spiro atoms. The fourth-order valence-electron chi connectivity index (χ4n) is 1.93. The molecule has 19 heavy (non-hydrogen) atoms. The molecule has 2 N–H and O–H groups in total. The Labute approximate surface area is 111 Å². The highest BCUT2D eigenvalue weighted by Gasteiger charge is 2.07. The summed E-state index contributed by atoms with van der Waals surface area (Å²) in [7, 11) is 0. The van der Waals surface area contributed by atoms with Gasteiger partial charge in [-0.25, -0.2) is 0 Å². The van der Waals surface area contributed by atoms with Crippen LogP contribution in [0.25, 0.3) is 10.9 Å². The van der Waals surface area contributed by atoms with Gasteiger partial charge in [0.05, 0.1) is 6.54 Å². The molecule has 2 rings (SSSR count). The van der Waals surface area contributed by atoms with E-state index >= 15 is 0 Å². The maximum Gasteiger partial charge on any atom is 0.240 e. The second-order valence-electron chi connectivity index (χ2n) is 4.23. The van der Waals surface area contributed by atoms with Crippen molar-refractivity contribution in [2.75, 3.05) is 13.1 Å². The van der Waals surface area contributed by atoms with Gasteiger partial charge in [-0.15, -0.1) is 0 Å². The predicted molar refractivity (Wildman–Crippen MR) is 73.6 cm³/mol. The normalized spacial score (nSPS) is 10.4. The highest BCUT2D eigenvalue weighted by Crippen LogP contribution is 2.14. The van der Waals surface area contributed by atoms with Crippen molar-refractivity contribution in [2.45, 2.75) is 13.5 Å². The van der Waals surface area contributed by atoms with Gasteiger partial charge in [0.15, 0.2) is 0 Å². The zero-order chi connectivity index (χ0) is 13.7. The smallest absolute Gasteiger partial charge is 0.240 e. The van der Waals surface area contributed by atoms with Crippen molar-refractivity contribution < 1.29 is 9.59 Å². The molecule has 1 aromatic heterocycles. The number of likely N-dealkylation sites (N-methyl/N-ethyl adjacent to an activating group) is 1. The molecule has 2 amide bonds. The van der Waals surface area contributed by atoms with Crippen LogP contribution in [0.1, 0.15) is 6.92 Å². The summed E-state index contributed by atoms with van der Waals surface area (Å²) in [6.07, 6.45) is 1.87. The Balaban J connectivity index is 1.94. The van der Waals surface area contributed by atoms with Crippen molar-refractivity contribution in [1.29, 1.82) is 0 Å². The number of nitrogens with one attached hydrogen (secondary N) is 2. The monoisotopic (exact) mass is 259 g/mol. The van der Waals surface area contributed by atoms with Crippen molar-refractivity contribution in [3.63, 3.8) is 0 Å². The van der Waals surface area contributed by atoms with Crippen LogP contribution in [-0.4, -0.2) is 29.5 Å². The Morgan fingerprint density at radius 2 is 1.89 bits per heavy atom. The fourth-order valence-corrected chi connectivity index (χ4v) is 1.93. The SMILES string of the molecule is CCNC(=O)CNC(=O)Cn1ccc2ccccc21. The highest BCUT2D eigenvalue weighted by atomic mass is 16.2. The van der Waals surface area contributed by atoms with Gasteiger partial charge in [0.2, 0.25) is 11.8 Å². The standard InChI is InChI=1S/C14H17N3O2/c1-2-15-13(18)9-16-14(19)10-17-8-7-11-5-3-4-6-12(11)17/h3-8H,2,9-10H2,1H3,(H,15,18)(H,16,19). The van der Waals surface area contributed by atoms with Crippen LogP contribution in [0.5, 0.6) is 0 Å². The van der Waals surface area contributed by atoms with Gasteiger partial charge in [-0.1, -0.05) is 18.2 Å². The van der Waals surface area contributed by atoms with E-state index < -0.39 is 0 Å². The molecule has 100 valence electrons. The lowest BCUT2D eigenvalue weighted by Gasteiger charge is -2.07. The van der Waals surface area contributed by atoms with Crippen LogP contribution in [0.4, 0.5) is 0 Å². The Bertz CT molecular complexity index is 589. The molecule has 5 heteroatoms. The van der Waals surface area contributed by atoms with Crippen LogP contribution < -0.4 is 10.6 Å². The number of amides is 2. The van der Waals surface area contributed by atoms with Gasteiger partial charge < -0.3 is 15.2 Å². The zero-order valence-electron chi connectivity index (χ0n) is 10.8. The van der Waals surface area contributed by atoms with E-state index in [2.05, 4.69) is 10.6 Å². The third kappa shape index (κ3) is 3.34. The zero-order valence-corrected chi connectivity index (χ0v) is 10.8. The van der Waals surface area contributed by atoms with Crippen molar-refractivity contribution in [3.05, 3.63) is 36.5 Å². The van der Waals surface area contributed by atoms with E-state index in [1.165, 1.54) is 0 Å². The fraction of sp³-hybridized carbons (Fsp3) is 0.286. The molecule has 0 atom stereocenters. The summed E-state index contributed by atoms with van der Waals surface area (Å²) in [6.45, 7) is 2.64. The number of nitrogens with zero attached hydrogens (tertiary/aromatic N) is 1. The summed E-state index contributed by atoms with van der Waals surface area (Å²) in [5.41, 5.74) is 1.01. The molecular formula is C14H17N3O2. The van der Waals surface area contributed by atoms with E-state index in [0.29, 0.717) is 6.54 Å². The number of hydrogen-bond acceptors (Lipinski definition) is 2. The second kappa shape index (κ2) is 6.04. The molecule has 1 heterocycles. The molecule has 0 aliphatic heterocycles. The molecule has 0 aliphatic carbocycles. The first-order valence-electron chi connectivity index (χ1n) is 6.28. The number of carbonyl (C=O) groups excluding carboxylic acids is 2. The van der Waals surface area contributed by atoms with Gasteiger partial charge in [0, 0.05) is 18.3 Å². The molecule has 5 nitrogen and oxygen atoms in total. The Kier molecular flexibility index (Phi) is 4.18. The Hall–Kier alpha value is -2.30. The lowest BCUT2D eigenvalue weighted by Crippen LogP contribution is -2.38. The molecule has 0 unspecified atom stereocenters. The topological polar surface area (TPSA) is 63.1 Å². The third-order valence-electron chi connectivity index (χ3n) is 2.81. The quantitative estimate of drug-likeness (QED) is 0.837. The number of fused-ring (bicyclic) bond motifs is 1. The summed E-state index contributed by atoms with van der Waals surface area (Å²) in [5, 5.41) is 6.32. The molecule has 0 saturated heterocycles. The van der Waals surface area contributed by atoms with E-state index in [-0.39, 0.29) is 24.9 Å². The number of para-hydroxylation sites is 1. The van der Waals surface area contributed by atoms with Gasteiger partial charge in [-0.3, -0.25) is 9.59 Å². The molecule has 0 bridgehead atoms. The maximum absolute atomic E-state index is 11.8. The Morgan fingerprint density at radius 1 is 1.11 bits per heavy atom. The summed E-state index contributed by atoms with van der Waals surface area (Å²) in [6, 6.07) is 9.82. The van der Waals surface area contributed by atoms with Gasteiger partial charge in [-0.2, -0.15) is 0 Å².